The largest absolute Gasteiger partial charge is 1.00 e. The number of quaternary nitrogens is 2. The van der Waals surface area contributed by atoms with Gasteiger partial charge in [0.25, 0.3) is 0 Å². The summed E-state index contributed by atoms with van der Waals surface area (Å²) >= 11 is 0. The highest BCUT2D eigenvalue weighted by Crippen LogP contribution is 2.20. The SMILES string of the molecule is CCCCCCCCCCCCCCCCCC[N+](C)(C)CCCCCCCCCCCCCCCCCC.CCCCCCCCCCCCCCCCCC[N+](C)(C)CCCCCCCCCCCCCCCCCC.[Br-].[Cl-]. The van der Waals surface area contributed by atoms with Gasteiger partial charge in [-0.3, -0.25) is 0 Å². The molecule has 0 radical (unpaired) electrons. The summed E-state index contributed by atoms with van der Waals surface area (Å²) in [5, 5.41) is 0. The first kappa shape index (κ1) is 87.1. The summed E-state index contributed by atoms with van der Waals surface area (Å²) in [5.41, 5.74) is 0. The molecule has 0 bridgehead atoms. The molecule has 0 aliphatic carbocycles. The first-order chi connectivity index (χ1) is 38.2. The van der Waals surface area contributed by atoms with Crippen LogP contribution in [0.5, 0.6) is 0 Å². The monoisotopic (exact) mass is 1220 g/mol. The van der Waals surface area contributed by atoms with Gasteiger partial charge in [0.05, 0.1) is 54.4 Å². The van der Waals surface area contributed by atoms with E-state index in [0.29, 0.717) is 0 Å². The van der Waals surface area contributed by atoms with E-state index >= 15 is 0 Å². The first-order valence-corrected chi connectivity index (χ1v) is 37.9. The Bertz CT molecular complexity index is 876. The van der Waals surface area contributed by atoms with Gasteiger partial charge in [-0.05, 0) is 51.4 Å². The van der Waals surface area contributed by atoms with Gasteiger partial charge in [-0.1, -0.05) is 387 Å². The molecule has 0 heterocycles. The molecule has 0 aromatic heterocycles. The predicted molar refractivity (Wildman–Crippen MR) is 362 cm³/mol. The summed E-state index contributed by atoms with van der Waals surface area (Å²) in [6, 6.07) is 0. The van der Waals surface area contributed by atoms with Gasteiger partial charge in [-0.2, -0.15) is 0 Å². The van der Waals surface area contributed by atoms with Gasteiger partial charge >= 0.3 is 0 Å². The maximum absolute atomic E-state index is 2.47. The van der Waals surface area contributed by atoms with Gasteiger partial charge < -0.3 is 38.4 Å². The summed E-state index contributed by atoms with van der Waals surface area (Å²) in [7, 11) is 9.87. The molecule has 0 saturated carbocycles. The van der Waals surface area contributed by atoms with Crippen LogP contribution in [-0.2, 0) is 0 Å². The van der Waals surface area contributed by atoms with Crippen LogP contribution in [0.1, 0.15) is 439 Å². The highest BCUT2D eigenvalue weighted by Gasteiger charge is 2.15. The maximum atomic E-state index is 2.47. The van der Waals surface area contributed by atoms with E-state index < -0.39 is 0 Å². The molecule has 0 aromatic rings. The lowest BCUT2D eigenvalue weighted by Gasteiger charge is -2.30. The summed E-state index contributed by atoms with van der Waals surface area (Å²) in [4.78, 5) is 0. The third kappa shape index (κ3) is 80.8. The lowest BCUT2D eigenvalue weighted by molar-refractivity contribution is -0.890. The van der Waals surface area contributed by atoms with Gasteiger partial charge in [-0.15, -0.1) is 0 Å². The van der Waals surface area contributed by atoms with Crippen LogP contribution in [0.2, 0.25) is 0 Å². The molecular weight excluding hydrogens is 1060 g/mol. The fourth-order valence-corrected chi connectivity index (χ4v) is 12.6. The van der Waals surface area contributed by atoms with Gasteiger partial charge in [0.2, 0.25) is 0 Å². The van der Waals surface area contributed by atoms with Crippen LogP contribution in [0.25, 0.3) is 0 Å². The summed E-state index contributed by atoms with van der Waals surface area (Å²) in [6.07, 6.45) is 93.9. The summed E-state index contributed by atoms with van der Waals surface area (Å²) in [5.74, 6) is 0. The minimum absolute atomic E-state index is 0. The van der Waals surface area contributed by atoms with E-state index in [-0.39, 0.29) is 29.4 Å². The second-order valence-electron chi connectivity index (χ2n) is 28.0. The van der Waals surface area contributed by atoms with E-state index in [2.05, 4.69) is 55.9 Å². The van der Waals surface area contributed by atoms with Crippen LogP contribution in [0.3, 0.4) is 0 Å². The van der Waals surface area contributed by atoms with Crippen molar-refractivity contribution in [2.24, 2.45) is 0 Å². The Balaban J connectivity index is -0.000000704. The van der Waals surface area contributed by atoms with Crippen LogP contribution >= 0.6 is 0 Å². The van der Waals surface area contributed by atoms with Crippen molar-refractivity contribution in [2.45, 2.75) is 439 Å². The Labute approximate surface area is 528 Å². The van der Waals surface area contributed by atoms with Gasteiger partial charge in [-0.25, -0.2) is 0 Å². The smallest absolute Gasteiger partial charge is 0.0782 e. The zero-order valence-electron chi connectivity index (χ0n) is 57.7. The average molecular weight is 1220 g/mol. The average Bonchev–Trinajstić information content (AvgIpc) is 3.42. The second kappa shape index (κ2) is 75.8. The number of nitrogens with zero attached hydrogens (tertiary/aromatic N) is 2. The van der Waals surface area contributed by atoms with Gasteiger partial charge in [0, 0.05) is 0 Å². The van der Waals surface area contributed by atoms with Crippen molar-refractivity contribution in [3.8, 4) is 0 Å². The van der Waals surface area contributed by atoms with E-state index in [9.17, 15) is 0 Å². The van der Waals surface area contributed by atoms with Gasteiger partial charge in [0.1, 0.15) is 0 Å². The van der Waals surface area contributed by atoms with Crippen molar-refractivity contribution >= 4 is 0 Å². The van der Waals surface area contributed by atoms with Gasteiger partial charge in [0.15, 0.2) is 0 Å². The third-order valence-electron chi connectivity index (χ3n) is 18.5. The lowest BCUT2D eigenvalue weighted by atomic mass is 10.0. The zero-order chi connectivity index (χ0) is 57.1. The van der Waals surface area contributed by atoms with Crippen molar-refractivity contribution < 1.29 is 38.4 Å². The van der Waals surface area contributed by atoms with E-state index in [4.69, 9.17) is 0 Å². The predicted octanol–water partition coefficient (Wildman–Crippen LogP) is 21.2. The molecular formula is C76H160BrClN2. The molecule has 0 saturated heterocycles. The first-order valence-electron chi connectivity index (χ1n) is 37.9. The molecule has 0 fully saturated rings. The molecule has 0 rings (SSSR count). The van der Waals surface area contributed by atoms with E-state index in [1.165, 1.54) is 446 Å². The van der Waals surface area contributed by atoms with Crippen LogP contribution < -0.4 is 29.4 Å². The third-order valence-corrected chi connectivity index (χ3v) is 18.5. The molecule has 0 aliphatic rings. The van der Waals surface area contributed by atoms with Crippen molar-refractivity contribution in [1.82, 2.24) is 0 Å². The zero-order valence-corrected chi connectivity index (χ0v) is 60.1. The minimum atomic E-state index is 0. The fourth-order valence-electron chi connectivity index (χ4n) is 12.6. The molecule has 0 aliphatic heterocycles. The molecule has 4 heteroatoms. The van der Waals surface area contributed by atoms with Crippen molar-refractivity contribution in [1.29, 1.82) is 0 Å². The lowest BCUT2D eigenvalue weighted by Crippen LogP contribution is -3.00. The van der Waals surface area contributed by atoms with E-state index in [1.54, 1.807) is 0 Å². The molecule has 2 nitrogen and oxygen atoms in total. The Morgan fingerprint density at radius 1 is 0.138 bits per heavy atom. The van der Waals surface area contributed by atoms with E-state index in [1.807, 2.05) is 0 Å². The van der Waals surface area contributed by atoms with Crippen molar-refractivity contribution in [2.75, 3.05) is 54.4 Å². The molecule has 488 valence electrons. The number of hydrogen-bond donors (Lipinski definition) is 0. The topological polar surface area (TPSA) is 0 Å². The molecule has 0 spiro atoms. The molecule has 80 heavy (non-hydrogen) atoms. The highest BCUT2D eigenvalue weighted by atomic mass is 79.9. The second-order valence-corrected chi connectivity index (χ2v) is 28.0. The normalized spacial score (nSPS) is 11.7. The summed E-state index contributed by atoms with van der Waals surface area (Å²) in [6.45, 7) is 14.8. The van der Waals surface area contributed by atoms with Crippen LogP contribution in [0.4, 0.5) is 0 Å². The Hall–Kier alpha value is 0.690. The molecule has 0 atom stereocenters. The number of rotatable bonds is 68. The highest BCUT2D eigenvalue weighted by molar-refractivity contribution is 4.56. The molecule has 0 aromatic carbocycles. The minimum Gasteiger partial charge on any atom is -1.00 e. The van der Waals surface area contributed by atoms with Crippen molar-refractivity contribution in [3.05, 3.63) is 0 Å². The Kier molecular flexibility index (Phi) is 82.5. The number of halogens is 2. The molecule has 0 amide bonds. The number of hydrogen-bond acceptors (Lipinski definition) is 0. The summed E-state index contributed by atoms with van der Waals surface area (Å²) < 4.78 is 2.49. The van der Waals surface area contributed by atoms with Crippen LogP contribution in [0.15, 0.2) is 0 Å². The standard InChI is InChI=1S/2C38H80N.BrH.ClH/c2*1-5-7-9-11-13-15-17-19-21-23-25-27-29-31-33-35-37-39(3,4)38-36-34-32-30-28-26-24-22-20-18-16-14-12-10-8-6-2;;/h2*5-38H2,1-4H3;2*1H/q2*+1;;/p-2. The fraction of sp³-hybridized carbons (Fsp3) is 1.00. The Morgan fingerprint density at radius 3 is 0.300 bits per heavy atom. The maximum Gasteiger partial charge on any atom is 0.0782 e. The number of unbranched alkanes of at least 4 members (excludes halogenated alkanes) is 60. The van der Waals surface area contributed by atoms with Crippen LogP contribution in [0, 0.1) is 0 Å². The quantitative estimate of drug-likeness (QED) is 0.0421. The Morgan fingerprint density at radius 2 is 0.212 bits per heavy atom. The van der Waals surface area contributed by atoms with Crippen molar-refractivity contribution in [3.63, 3.8) is 0 Å². The molecule has 0 N–H and O–H groups in total. The van der Waals surface area contributed by atoms with E-state index in [0.717, 1.165) is 0 Å². The molecule has 0 unspecified atom stereocenters. The van der Waals surface area contributed by atoms with Crippen LogP contribution in [-0.4, -0.2) is 63.3 Å².